The summed E-state index contributed by atoms with van der Waals surface area (Å²) in [5, 5.41) is 42.9. The second-order valence-corrected chi connectivity index (χ2v) is 17.8. The zero-order chi connectivity index (χ0) is 49.7. The highest BCUT2D eigenvalue weighted by atomic mass is 16.4. The zero-order valence-corrected chi connectivity index (χ0v) is 38.4. The molecule has 1 aliphatic carbocycles. The molecule has 21 nitrogen and oxygen atoms in total. The minimum absolute atomic E-state index is 0.0364. The normalized spacial score (nSPS) is 15.5. The van der Waals surface area contributed by atoms with E-state index < -0.39 is 139 Å². The van der Waals surface area contributed by atoms with Crippen molar-refractivity contribution in [1.82, 2.24) is 31.9 Å². The number of aryl methyl sites for hydroxylation is 1. The maximum atomic E-state index is 14.4. The highest BCUT2D eigenvalue weighted by molar-refractivity contribution is 6.37. The third-order valence-corrected chi connectivity index (χ3v) is 11.3. The number of hydrogen-bond acceptors (Lipinski definition) is 11. The smallest absolute Gasteiger partial charge is 0.305 e. The van der Waals surface area contributed by atoms with Gasteiger partial charge in [-0.25, -0.2) is 0 Å². The summed E-state index contributed by atoms with van der Waals surface area (Å²) in [7, 11) is 0. The summed E-state index contributed by atoms with van der Waals surface area (Å²) in [6.45, 7) is 8.58. The van der Waals surface area contributed by atoms with Crippen LogP contribution in [0.15, 0.2) is 24.3 Å². The van der Waals surface area contributed by atoms with Gasteiger partial charge in [0.1, 0.15) is 30.2 Å². The van der Waals surface area contributed by atoms with Crippen LogP contribution in [0.25, 0.3) is 0 Å². The standard InChI is InChI=1S/C45H67N7O14/c1-6-7-17-28(37(60)39(46)61)48-41(63)30(22-26-14-9-8-10-15-26)51-44(66)38(45(3,4)5)52-43(65)31(23-27-16-12-11-13-25(27)2)50-40(62)29(18-20-34(54)55)49-42(64)32(24-36(58)59)47-33(53)19-21-35(56)57/h11-13,16,26,28-32,38H,6-10,14-15,17-24H2,1-5H3,(H2,46,61)(H,47,53)(H,48,63)(H,49,64)(H,50,62)(H,51,66)(H,52,65)(H,54,55)(H,56,57)(H,58,59)/t28-,29-,30-,31-,32-,38+/m0/s1. The van der Waals surface area contributed by atoms with Gasteiger partial charge in [-0.05, 0) is 48.6 Å². The van der Waals surface area contributed by atoms with Gasteiger partial charge in [-0.2, -0.15) is 0 Å². The van der Waals surface area contributed by atoms with Crippen LogP contribution >= 0.6 is 0 Å². The van der Waals surface area contributed by atoms with Crippen LogP contribution in [-0.4, -0.2) is 117 Å². The largest absolute Gasteiger partial charge is 0.481 e. The molecular formula is C45H67N7O14. The Morgan fingerprint density at radius 1 is 0.636 bits per heavy atom. The fourth-order valence-electron chi connectivity index (χ4n) is 7.50. The van der Waals surface area contributed by atoms with Crippen molar-refractivity contribution in [2.45, 2.75) is 167 Å². The number of ketones is 1. The van der Waals surface area contributed by atoms with Gasteiger partial charge in [0.25, 0.3) is 5.91 Å². The van der Waals surface area contributed by atoms with Crippen molar-refractivity contribution in [2.24, 2.45) is 17.1 Å². The van der Waals surface area contributed by atoms with Gasteiger partial charge in [0.05, 0.1) is 18.9 Å². The molecule has 1 fully saturated rings. The maximum absolute atomic E-state index is 14.4. The van der Waals surface area contributed by atoms with E-state index in [0.717, 1.165) is 32.1 Å². The van der Waals surface area contributed by atoms with E-state index >= 15 is 0 Å². The van der Waals surface area contributed by atoms with E-state index in [1.165, 1.54) is 0 Å². The number of carbonyl (C=O) groups is 11. The average molecular weight is 930 g/mol. The summed E-state index contributed by atoms with van der Waals surface area (Å²) < 4.78 is 0. The van der Waals surface area contributed by atoms with Crippen LogP contribution in [0, 0.1) is 18.3 Å². The monoisotopic (exact) mass is 929 g/mol. The Hall–Kier alpha value is -6.41. The third kappa shape index (κ3) is 19.8. The van der Waals surface area contributed by atoms with Gasteiger partial charge in [0, 0.05) is 19.3 Å². The predicted octanol–water partition coefficient (Wildman–Crippen LogP) is 0.912. The number of carbonyl (C=O) groups excluding carboxylic acids is 8. The van der Waals surface area contributed by atoms with Gasteiger partial charge in [-0.15, -0.1) is 0 Å². The molecule has 6 atom stereocenters. The van der Waals surface area contributed by atoms with Crippen molar-refractivity contribution < 1.29 is 68.1 Å². The van der Waals surface area contributed by atoms with E-state index in [1.807, 2.05) is 6.92 Å². The molecule has 0 aliphatic heterocycles. The first-order valence-electron chi connectivity index (χ1n) is 22.3. The van der Waals surface area contributed by atoms with Gasteiger partial charge in [0.2, 0.25) is 41.2 Å². The van der Waals surface area contributed by atoms with E-state index in [9.17, 15) is 63.0 Å². The highest BCUT2D eigenvalue weighted by Gasteiger charge is 2.39. The number of carboxylic acid groups (broad SMARTS) is 3. The topological polar surface area (TPSA) is 347 Å². The van der Waals surface area contributed by atoms with Crippen molar-refractivity contribution in [3.8, 4) is 0 Å². The summed E-state index contributed by atoms with van der Waals surface area (Å²) in [6, 6.07) is -1.92. The molecule has 366 valence electrons. The van der Waals surface area contributed by atoms with Crippen LogP contribution in [0.3, 0.4) is 0 Å². The van der Waals surface area contributed by atoms with Gasteiger partial charge in [0.15, 0.2) is 0 Å². The van der Waals surface area contributed by atoms with Gasteiger partial charge >= 0.3 is 17.9 Å². The molecule has 0 unspecified atom stereocenters. The summed E-state index contributed by atoms with van der Waals surface area (Å²) in [5.74, 6) is -12.0. The number of carboxylic acids is 3. The molecule has 0 radical (unpaired) electrons. The number of nitrogens with two attached hydrogens (primary N) is 1. The number of rotatable bonds is 28. The first-order chi connectivity index (χ1) is 30.9. The molecule has 11 N–H and O–H groups in total. The number of amides is 7. The summed E-state index contributed by atoms with van der Waals surface area (Å²) in [4.78, 5) is 141. The van der Waals surface area contributed by atoms with E-state index in [-0.39, 0.29) is 25.2 Å². The predicted molar refractivity (Wildman–Crippen MR) is 237 cm³/mol. The van der Waals surface area contributed by atoms with Gasteiger partial charge < -0.3 is 53.0 Å². The zero-order valence-electron chi connectivity index (χ0n) is 38.4. The van der Waals surface area contributed by atoms with Crippen molar-refractivity contribution >= 4 is 65.0 Å². The van der Waals surface area contributed by atoms with Crippen LogP contribution in [0.2, 0.25) is 0 Å². The molecule has 7 amide bonds. The van der Waals surface area contributed by atoms with Crippen molar-refractivity contribution in [3.05, 3.63) is 35.4 Å². The molecule has 1 saturated carbocycles. The summed E-state index contributed by atoms with van der Waals surface area (Å²) >= 11 is 0. The van der Waals surface area contributed by atoms with Gasteiger partial charge in [-0.1, -0.05) is 96.9 Å². The number of unbranched alkanes of at least 4 members (excludes halogenated alkanes) is 1. The van der Waals surface area contributed by atoms with E-state index in [1.54, 1.807) is 52.0 Å². The lowest BCUT2D eigenvalue weighted by Gasteiger charge is -2.34. The fourth-order valence-corrected chi connectivity index (χ4v) is 7.50. The lowest BCUT2D eigenvalue weighted by atomic mass is 9.83. The SMILES string of the molecule is CCCC[C@H](NC(=O)[C@H](CC1CCCCC1)NC(=O)[C@@H](NC(=O)[C@H](Cc1ccccc1C)NC(=O)[C@H](CCC(=O)O)NC(=O)[C@H](CC(=O)O)NC(=O)CCC(=O)O)C(C)(C)C)C(=O)C(N)=O. The fraction of sp³-hybridized carbons (Fsp3) is 0.622. The van der Waals surface area contributed by atoms with Crippen LogP contribution in [0.1, 0.15) is 129 Å². The molecular weight excluding hydrogens is 863 g/mol. The van der Waals surface area contributed by atoms with Crippen LogP contribution in [-0.2, 0) is 59.2 Å². The van der Waals surface area contributed by atoms with Crippen LogP contribution < -0.4 is 37.6 Å². The second kappa shape index (κ2) is 27.2. The molecule has 0 spiro atoms. The minimum atomic E-state index is -1.81. The Balaban J connectivity index is 2.52. The Morgan fingerprint density at radius 3 is 1.74 bits per heavy atom. The number of aliphatic carboxylic acids is 3. The van der Waals surface area contributed by atoms with E-state index in [4.69, 9.17) is 10.8 Å². The Morgan fingerprint density at radius 2 is 1.18 bits per heavy atom. The molecule has 0 saturated heterocycles. The molecule has 21 heteroatoms. The highest BCUT2D eigenvalue weighted by Crippen LogP contribution is 2.28. The lowest BCUT2D eigenvalue weighted by molar-refractivity contribution is -0.142. The van der Waals surface area contributed by atoms with E-state index in [0.29, 0.717) is 24.0 Å². The molecule has 1 aliphatic rings. The molecule has 1 aromatic rings. The Bertz CT molecular complexity index is 1930. The third-order valence-electron chi connectivity index (χ3n) is 11.3. The minimum Gasteiger partial charge on any atom is -0.481 e. The Labute approximate surface area is 383 Å². The second-order valence-electron chi connectivity index (χ2n) is 17.8. The first-order valence-corrected chi connectivity index (χ1v) is 22.3. The number of nitrogens with one attached hydrogen (secondary N) is 6. The van der Waals surface area contributed by atoms with Crippen molar-refractivity contribution in [1.29, 1.82) is 0 Å². The summed E-state index contributed by atoms with van der Waals surface area (Å²) in [6.07, 6.45) is 2.26. The van der Waals surface area contributed by atoms with E-state index in [2.05, 4.69) is 31.9 Å². The van der Waals surface area contributed by atoms with Crippen molar-refractivity contribution in [3.63, 3.8) is 0 Å². The maximum Gasteiger partial charge on any atom is 0.305 e. The Kier molecular flexibility index (Phi) is 22.9. The molecule has 2 rings (SSSR count). The van der Waals surface area contributed by atoms with Crippen LogP contribution in [0.5, 0.6) is 0 Å². The quantitative estimate of drug-likeness (QED) is 0.0523. The van der Waals surface area contributed by atoms with Crippen LogP contribution in [0.4, 0.5) is 0 Å². The molecule has 0 heterocycles. The molecule has 1 aromatic carbocycles. The number of benzene rings is 1. The lowest BCUT2D eigenvalue weighted by Crippen LogP contribution is -2.62. The first kappa shape index (κ1) is 55.7. The number of Topliss-reactive ketones (excluding diaryl/α,β-unsaturated/α-hetero) is 1. The van der Waals surface area contributed by atoms with Gasteiger partial charge in [-0.3, -0.25) is 52.7 Å². The summed E-state index contributed by atoms with van der Waals surface area (Å²) in [5.41, 5.74) is 5.55. The number of hydrogen-bond donors (Lipinski definition) is 10. The number of primary amides is 1. The molecule has 66 heavy (non-hydrogen) atoms. The average Bonchev–Trinajstić information content (AvgIpc) is 3.23. The van der Waals surface area contributed by atoms with Crippen molar-refractivity contribution in [2.75, 3.05) is 0 Å². The molecule has 0 aromatic heterocycles. The molecule has 0 bridgehead atoms.